The number of carbonyl (C=O) groups is 1. The van der Waals surface area contributed by atoms with Crippen LogP contribution in [0.15, 0.2) is 46.0 Å². The molecule has 0 bridgehead atoms. The molecular weight excluding hydrogens is 372 g/mol. The second-order valence-electron chi connectivity index (χ2n) is 6.21. The van der Waals surface area contributed by atoms with Crippen molar-refractivity contribution in [3.8, 4) is 5.75 Å². The van der Waals surface area contributed by atoms with Crippen LogP contribution in [0.4, 0.5) is 0 Å². The number of nitrogens with zero attached hydrogens (tertiary/aromatic N) is 2. The summed E-state index contributed by atoms with van der Waals surface area (Å²) in [5, 5.41) is 1.71. The van der Waals surface area contributed by atoms with Gasteiger partial charge in [-0.15, -0.1) is 11.3 Å². The Morgan fingerprint density at radius 1 is 1.35 bits per heavy atom. The molecule has 6 nitrogen and oxygen atoms in total. The molecule has 0 saturated carbocycles. The van der Waals surface area contributed by atoms with Gasteiger partial charge in [-0.05, 0) is 42.0 Å². The zero-order chi connectivity index (χ0) is 18.7. The van der Waals surface area contributed by atoms with Gasteiger partial charge in [0.1, 0.15) is 9.96 Å². The molecule has 1 aromatic heterocycles. The Hall–Kier alpha value is -1.90. The van der Waals surface area contributed by atoms with E-state index in [9.17, 15) is 13.2 Å². The number of thiophene rings is 1. The van der Waals surface area contributed by atoms with Crippen molar-refractivity contribution in [1.29, 1.82) is 0 Å². The first-order valence-corrected chi connectivity index (χ1v) is 10.7. The third-order valence-electron chi connectivity index (χ3n) is 4.57. The summed E-state index contributed by atoms with van der Waals surface area (Å²) in [6, 6.07) is 10.9. The van der Waals surface area contributed by atoms with Crippen molar-refractivity contribution in [3.63, 3.8) is 0 Å². The van der Waals surface area contributed by atoms with Crippen molar-refractivity contribution in [2.75, 3.05) is 27.2 Å². The van der Waals surface area contributed by atoms with Crippen molar-refractivity contribution in [3.05, 3.63) is 47.3 Å². The van der Waals surface area contributed by atoms with E-state index in [1.54, 1.807) is 29.5 Å². The van der Waals surface area contributed by atoms with Crippen molar-refractivity contribution in [2.45, 2.75) is 23.1 Å². The van der Waals surface area contributed by atoms with E-state index in [1.807, 2.05) is 24.3 Å². The summed E-state index contributed by atoms with van der Waals surface area (Å²) in [5.74, 6) is 0.567. The highest BCUT2D eigenvalue weighted by Gasteiger charge is 2.32. The Morgan fingerprint density at radius 2 is 2.15 bits per heavy atom. The molecule has 3 rings (SSSR count). The standard InChI is InChI=1S/C18H22N2O4S2/c1-19(26(22,23)18-9-5-11-25-18)13-17(21)20-10-4-8-16(20)14-6-3-7-15(12-14)24-2/h3,5-7,9,11-12,16H,4,8,10,13H2,1-2H3. The highest BCUT2D eigenvalue weighted by atomic mass is 32.2. The first kappa shape index (κ1) is 18.9. The fourth-order valence-corrected chi connectivity index (χ4v) is 5.51. The first-order valence-electron chi connectivity index (χ1n) is 8.37. The number of sulfonamides is 1. The Kier molecular flexibility index (Phi) is 5.64. The van der Waals surface area contributed by atoms with Crippen molar-refractivity contribution < 1.29 is 17.9 Å². The minimum atomic E-state index is -3.63. The van der Waals surface area contributed by atoms with Crippen molar-refractivity contribution >= 4 is 27.3 Å². The summed E-state index contributed by atoms with van der Waals surface area (Å²) < 4.78 is 31.7. The minimum Gasteiger partial charge on any atom is -0.497 e. The number of rotatable bonds is 6. The maximum atomic E-state index is 12.8. The van der Waals surface area contributed by atoms with Gasteiger partial charge in [-0.25, -0.2) is 8.42 Å². The predicted octanol–water partition coefficient (Wildman–Crippen LogP) is 2.74. The Morgan fingerprint density at radius 3 is 2.85 bits per heavy atom. The molecule has 1 atom stereocenters. The van der Waals surface area contributed by atoms with Crippen LogP contribution in [0.5, 0.6) is 5.75 Å². The van der Waals surface area contributed by atoms with Crippen LogP contribution in [0.25, 0.3) is 0 Å². The van der Waals surface area contributed by atoms with Gasteiger partial charge in [-0.3, -0.25) is 4.79 Å². The van der Waals surface area contributed by atoms with Crippen molar-refractivity contribution in [2.24, 2.45) is 0 Å². The molecule has 0 spiro atoms. The van der Waals surface area contributed by atoms with Gasteiger partial charge in [0.25, 0.3) is 10.0 Å². The van der Waals surface area contributed by atoms with E-state index in [1.165, 1.54) is 7.05 Å². The fourth-order valence-electron chi connectivity index (χ4n) is 3.19. The summed E-state index contributed by atoms with van der Waals surface area (Å²) >= 11 is 1.15. The van der Waals surface area contributed by atoms with E-state index >= 15 is 0 Å². The van der Waals surface area contributed by atoms with Crippen LogP contribution in [-0.2, 0) is 14.8 Å². The maximum Gasteiger partial charge on any atom is 0.252 e. The predicted molar refractivity (Wildman–Crippen MR) is 101 cm³/mol. The lowest BCUT2D eigenvalue weighted by Gasteiger charge is -2.27. The third-order valence-corrected chi connectivity index (χ3v) is 7.75. The third kappa shape index (κ3) is 3.77. The summed E-state index contributed by atoms with van der Waals surface area (Å²) in [5.41, 5.74) is 1.01. The second-order valence-corrected chi connectivity index (χ2v) is 9.43. The highest BCUT2D eigenvalue weighted by Crippen LogP contribution is 2.33. The number of hydrogen-bond donors (Lipinski definition) is 0. The summed E-state index contributed by atoms with van der Waals surface area (Å²) in [6.07, 6.45) is 1.76. The molecule has 2 aromatic rings. The Labute approximate surface area is 158 Å². The van der Waals surface area contributed by atoms with E-state index in [-0.39, 0.29) is 22.7 Å². The van der Waals surface area contributed by atoms with Crippen LogP contribution in [0.2, 0.25) is 0 Å². The smallest absolute Gasteiger partial charge is 0.252 e. The number of hydrogen-bond acceptors (Lipinski definition) is 5. The molecule has 140 valence electrons. The quantitative estimate of drug-likeness (QED) is 0.756. The van der Waals surface area contributed by atoms with Gasteiger partial charge < -0.3 is 9.64 Å². The number of ether oxygens (including phenoxy) is 1. The Bertz CT molecular complexity index is 865. The minimum absolute atomic E-state index is 0.0459. The average Bonchev–Trinajstić information content (AvgIpc) is 3.33. The van der Waals surface area contributed by atoms with Crippen LogP contribution in [-0.4, -0.2) is 50.8 Å². The van der Waals surface area contributed by atoms with Gasteiger partial charge in [-0.2, -0.15) is 4.31 Å². The maximum absolute atomic E-state index is 12.8. The van der Waals surface area contributed by atoms with Crippen LogP contribution in [0.3, 0.4) is 0 Å². The molecule has 0 N–H and O–H groups in total. The molecule has 1 aromatic carbocycles. The van der Waals surface area contributed by atoms with Crippen LogP contribution >= 0.6 is 11.3 Å². The molecule has 1 aliphatic rings. The van der Waals surface area contributed by atoms with Gasteiger partial charge in [0, 0.05) is 13.6 Å². The molecule has 1 fully saturated rings. The molecule has 1 aliphatic heterocycles. The number of likely N-dealkylation sites (N-methyl/N-ethyl adjacent to an activating group) is 1. The topological polar surface area (TPSA) is 66.9 Å². The lowest BCUT2D eigenvalue weighted by molar-refractivity contribution is -0.132. The average molecular weight is 395 g/mol. The SMILES string of the molecule is COc1cccc(C2CCCN2C(=O)CN(C)S(=O)(=O)c2cccs2)c1. The molecule has 2 heterocycles. The molecule has 1 saturated heterocycles. The van der Waals surface area contributed by atoms with E-state index in [0.29, 0.717) is 6.54 Å². The van der Waals surface area contributed by atoms with E-state index in [4.69, 9.17) is 4.74 Å². The molecule has 8 heteroatoms. The lowest BCUT2D eigenvalue weighted by Crippen LogP contribution is -2.40. The summed E-state index contributed by atoms with van der Waals surface area (Å²) in [7, 11) is -0.569. The number of benzene rings is 1. The first-order chi connectivity index (χ1) is 12.4. The van der Waals surface area contributed by atoms with Crippen LogP contribution < -0.4 is 4.74 Å². The molecule has 0 aliphatic carbocycles. The zero-order valence-corrected chi connectivity index (χ0v) is 16.4. The van der Waals surface area contributed by atoms with Gasteiger partial charge in [0.15, 0.2) is 0 Å². The highest BCUT2D eigenvalue weighted by molar-refractivity contribution is 7.91. The van der Waals surface area contributed by atoms with E-state index < -0.39 is 10.0 Å². The Balaban J connectivity index is 1.74. The number of carbonyl (C=O) groups excluding carboxylic acids is 1. The van der Waals surface area contributed by atoms with Gasteiger partial charge >= 0.3 is 0 Å². The monoisotopic (exact) mass is 394 g/mol. The second kappa shape index (κ2) is 7.77. The molecule has 26 heavy (non-hydrogen) atoms. The largest absolute Gasteiger partial charge is 0.497 e. The summed E-state index contributed by atoms with van der Waals surface area (Å²) in [4.78, 5) is 14.6. The molecule has 1 unspecified atom stereocenters. The van der Waals surface area contributed by atoms with Crippen molar-refractivity contribution in [1.82, 2.24) is 9.21 Å². The fraction of sp³-hybridized carbons (Fsp3) is 0.389. The van der Waals surface area contributed by atoms with Gasteiger partial charge in [0.2, 0.25) is 5.91 Å². The van der Waals surface area contributed by atoms with Crippen LogP contribution in [0, 0.1) is 0 Å². The number of methoxy groups -OCH3 is 1. The summed E-state index contributed by atoms with van der Waals surface area (Å²) in [6.45, 7) is 0.467. The number of amides is 1. The lowest BCUT2D eigenvalue weighted by atomic mass is 10.0. The van der Waals surface area contributed by atoms with Crippen LogP contribution in [0.1, 0.15) is 24.4 Å². The zero-order valence-electron chi connectivity index (χ0n) is 14.8. The van der Waals surface area contributed by atoms with Gasteiger partial charge in [-0.1, -0.05) is 18.2 Å². The molecule has 1 amide bonds. The van der Waals surface area contributed by atoms with Gasteiger partial charge in [0.05, 0.1) is 19.7 Å². The van der Waals surface area contributed by atoms with E-state index in [2.05, 4.69) is 0 Å². The molecular formula is C18H22N2O4S2. The molecule has 0 radical (unpaired) electrons. The number of likely N-dealkylation sites (tertiary alicyclic amines) is 1. The normalized spacial score (nSPS) is 17.7. The van der Waals surface area contributed by atoms with E-state index in [0.717, 1.165) is 39.8 Å².